The van der Waals surface area contributed by atoms with Crippen molar-refractivity contribution < 1.29 is 13.6 Å². The normalized spacial score (nSPS) is 12.3. The number of benzene rings is 2. The Morgan fingerprint density at radius 1 is 0.957 bits per heavy atom. The summed E-state index contributed by atoms with van der Waals surface area (Å²) in [5.41, 5.74) is 1.08. The van der Waals surface area contributed by atoms with Gasteiger partial charge in [-0.05, 0) is 0 Å². The molecule has 0 heterocycles. The maximum atomic E-state index is 12.9. The second-order valence-corrected chi connectivity index (χ2v) is 9.69. The van der Waals surface area contributed by atoms with Crippen LogP contribution in [-0.4, -0.2) is 34.1 Å². The van der Waals surface area contributed by atoms with Crippen LogP contribution in [0.3, 0.4) is 0 Å². The van der Waals surface area contributed by atoms with Crippen molar-refractivity contribution in [3.63, 3.8) is 0 Å². The second-order valence-electron chi connectivity index (χ2n) is 4.65. The predicted octanol–water partition coefficient (Wildman–Crippen LogP) is 4.28. The Morgan fingerprint density at radius 2 is 1.48 bits per heavy atom. The first kappa shape index (κ1) is 18.5. The quantitative estimate of drug-likeness (QED) is 0.451. The third-order valence-electron chi connectivity index (χ3n) is 2.92. The molecule has 0 unspecified atom stereocenters. The van der Waals surface area contributed by atoms with E-state index >= 15 is 0 Å². The van der Waals surface area contributed by atoms with Crippen LogP contribution in [0, 0.1) is 0 Å². The Morgan fingerprint density at radius 3 is 2.00 bits per heavy atom. The van der Waals surface area contributed by atoms with E-state index in [1.54, 1.807) is 5.82 Å². The van der Waals surface area contributed by atoms with Gasteiger partial charge in [0.15, 0.2) is 0 Å². The molecule has 122 valence electrons. The van der Waals surface area contributed by atoms with Crippen molar-refractivity contribution in [3.05, 3.63) is 72.0 Å². The molecule has 0 atom stereocenters. The van der Waals surface area contributed by atoms with E-state index in [2.05, 4.69) is 12.1 Å². The molecule has 0 aliphatic rings. The van der Waals surface area contributed by atoms with Crippen molar-refractivity contribution in [1.82, 2.24) is 0 Å². The van der Waals surface area contributed by atoms with Gasteiger partial charge in [0.2, 0.25) is 0 Å². The fraction of sp³-hybridized carbons (Fsp3) is 0.222. The standard InChI is InChI=1S/C18H21O3PTe/c1-3-20-22(19,21-4-2)15-18(16-11-7-5-8-12-16)23-17-13-9-6-10-14-17/h5-15H,3-4H2,1-2H3/b18-15+. The topological polar surface area (TPSA) is 35.5 Å². The molecular weight excluding hydrogens is 423 g/mol. The zero-order chi connectivity index (χ0) is 16.5. The van der Waals surface area contributed by atoms with Crippen molar-refractivity contribution in [2.45, 2.75) is 13.8 Å². The van der Waals surface area contributed by atoms with Gasteiger partial charge in [-0.15, -0.1) is 0 Å². The van der Waals surface area contributed by atoms with Crippen molar-refractivity contribution in [3.8, 4) is 0 Å². The average Bonchev–Trinajstić information content (AvgIpc) is 2.56. The zero-order valence-corrected chi connectivity index (χ0v) is 16.6. The van der Waals surface area contributed by atoms with Crippen LogP contribution in [0.1, 0.15) is 19.4 Å². The molecule has 0 saturated carbocycles. The van der Waals surface area contributed by atoms with Crippen molar-refractivity contribution in [2.75, 3.05) is 13.2 Å². The first-order chi connectivity index (χ1) is 11.2. The van der Waals surface area contributed by atoms with E-state index in [0.717, 1.165) is 9.18 Å². The van der Waals surface area contributed by atoms with Crippen LogP contribution >= 0.6 is 7.60 Å². The molecule has 0 aliphatic carbocycles. The van der Waals surface area contributed by atoms with E-state index in [4.69, 9.17) is 9.05 Å². The van der Waals surface area contributed by atoms with Crippen LogP contribution in [0.2, 0.25) is 0 Å². The molecule has 0 aromatic heterocycles. The summed E-state index contributed by atoms with van der Waals surface area (Å²) in [6.45, 7) is 4.38. The van der Waals surface area contributed by atoms with Crippen LogP contribution in [0.5, 0.6) is 0 Å². The van der Waals surface area contributed by atoms with Crippen molar-refractivity contribution in [1.29, 1.82) is 0 Å². The van der Waals surface area contributed by atoms with Gasteiger partial charge in [0.05, 0.1) is 0 Å². The van der Waals surface area contributed by atoms with Gasteiger partial charge in [0, 0.05) is 0 Å². The fourth-order valence-electron chi connectivity index (χ4n) is 1.99. The minimum atomic E-state index is -3.21. The third kappa shape index (κ3) is 5.92. The zero-order valence-electron chi connectivity index (χ0n) is 13.3. The summed E-state index contributed by atoms with van der Waals surface area (Å²) >= 11 is -0.687. The summed E-state index contributed by atoms with van der Waals surface area (Å²) in [5, 5.41) is 0. The molecule has 23 heavy (non-hydrogen) atoms. The van der Waals surface area contributed by atoms with Gasteiger partial charge in [-0.25, -0.2) is 0 Å². The van der Waals surface area contributed by atoms with Crippen LogP contribution in [0.4, 0.5) is 0 Å². The van der Waals surface area contributed by atoms with Crippen molar-refractivity contribution in [2.24, 2.45) is 0 Å². The van der Waals surface area contributed by atoms with E-state index in [1.165, 1.54) is 3.61 Å². The first-order valence-electron chi connectivity index (χ1n) is 7.57. The Kier molecular flexibility index (Phi) is 7.56. The fourth-order valence-corrected chi connectivity index (χ4v) is 7.27. The van der Waals surface area contributed by atoms with E-state index < -0.39 is 28.5 Å². The molecule has 0 radical (unpaired) electrons. The molecule has 0 aliphatic heterocycles. The Bertz CT molecular complexity index is 661. The summed E-state index contributed by atoms with van der Waals surface area (Å²) in [6.07, 6.45) is 0. The summed E-state index contributed by atoms with van der Waals surface area (Å²) in [7, 11) is -3.21. The molecule has 0 spiro atoms. The molecule has 0 fully saturated rings. The van der Waals surface area contributed by atoms with E-state index in [0.29, 0.717) is 13.2 Å². The summed E-state index contributed by atoms with van der Waals surface area (Å²) < 4.78 is 26.1. The van der Waals surface area contributed by atoms with Gasteiger partial charge < -0.3 is 0 Å². The molecule has 2 rings (SSSR count). The van der Waals surface area contributed by atoms with Gasteiger partial charge in [0.1, 0.15) is 0 Å². The molecule has 0 saturated heterocycles. The van der Waals surface area contributed by atoms with Crippen LogP contribution in [0.15, 0.2) is 66.5 Å². The Labute approximate surface area is 148 Å². The Hall–Kier alpha value is -0.880. The van der Waals surface area contributed by atoms with Crippen LogP contribution in [0.25, 0.3) is 3.62 Å². The molecule has 3 nitrogen and oxygen atoms in total. The molecule has 5 heteroatoms. The predicted molar refractivity (Wildman–Crippen MR) is 97.1 cm³/mol. The van der Waals surface area contributed by atoms with Crippen molar-refractivity contribution >= 4 is 35.8 Å². The monoisotopic (exact) mass is 446 g/mol. The van der Waals surface area contributed by atoms with Gasteiger partial charge >= 0.3 is 148 Å². The molecule has 0 N–H and O–H groups in total. The molecule has 2 aromatic carbocycles. The van der Waals surface area contributed by atoms with Gasteiger partial charge in [-0.1, -0.05) is 0 Å². The summed E-state index contributed by atoms with van der Waals surface area (Å²) in [5.74, 6) is 1.73. The molecule has 2 aromatic rings. The maximum absolute atomic E-state index is 12.9. The van der Waals surface area contributed by atoms with E-state index in [-0.39, 0.29) is 0 Å². The van der Waals surface area contributed by atoms with E-state index in [1.807, 2.05) is 62.4 Å². The molecule has 0 bridgehead atoms. The third-order valence-corrected chi connectivity index (χ3v) is 8.36. The minimum absolute atomic E-state index is 0.363. The van der Waals surface area contributed by atoms with Gasteiger partial charge in [-0.3, -0.25) is 0 Å². The average molecular weight is 444 g/mol. The SMILES string of the molecule is CCOP(=O)(/C=C(/[Te]c1ccccc1)c1ccccc1)OCC. The van der Waals surface area contributed by atoms with Gasteiger partial charge in [0.25, 0.3) is 0 Å². The van der Waals surface area contributed by atoms with Crippen LogP contribution < -0.4 is 3.61 Å². The summed E-state index contributed by atoms with van der Waals surface area (Å²) in [6, 6.07) is 20.4. The van der Waals surface area contributed by atoms with E-state index in [9.17, 15) is 4.57 Å². The number of hydrogen-bond acceptors (Lipinski definition) is 3. The molecular formula is C18H21O3PTe. The van der Waals surface area contributed by atoms with Gasteiger partial charge in [-0.2, -0.15) is 0 Å². The Balaban J connectivity index is 2.40. The first-order valence-corrected chi connectivity index (χ1v) is 11.5. The number of hydrogen-bond donors (Lipinski definition) is 0. The van der Waals surface area contributed by atoms with Crippen LogP contribution in [-0.2, 0) is 13.6 Å². The molecule has 0 amide bonds. The summed E-state index contributed by atoms with van der Waals surface area (Å²) in [4.78, 5) is 0. The number of rotatable bonds is 8. The second kappa shape index (κ2) is 9.42.